The fraction of sp³-hybridized carbons (Fsp3) is 0.444. The van der Waals surface area contributed by atoms with Crippen molar-refractivity contribution in [2.24, 2.45) is 7.05 Å². The van der Waals surface area contributed by atoms with Gasteiger partial charge in [0.2, 0.25) is 0 Å². The van der Waals surface area contributed by atoms with Gasteiger partial charge >= 0.3 is 0 Å². The lowest BCUT2D eigenvalue weighted by Crippen LogP contribution is -2.40. The van der Waals surface area contributed by atoms with Crippen molar-refractivity contribution < 1.29 is 19.0 Å². The lowest BCUT2D eigenvalue weighted by molar-refractivity contribution is 0.0665. The van der Waals surface area contributed by atoms with Gasteiger partial charge in [0.05, 0.1) is 30.6 Å². The van der Waals surface area contributed by atoms with Crippen LogP contribution in [0.25, 0.3) is 0 Å². The highest BCUT2D eigenvalue weighted by molar-refractivity contribution is 5.98. The highest BCUT2D eigenvalue weighted by Crippen LogP contribution is 2.36. The van der Waals surface area contributed by atoms with E-state index < -0.39 is 0 Å². The topological polar surface area (TPSA) is 65.8 Å². The molecule has 1 aromatic heterocycles. The van der Waals surface area contributed by atoms with Gasteiger partial charge in [0.15, 0.2) is 11.5 Å². The number of amides is 1. The maximum Gasteiger partial charge on any atom is 0.258 e. The second-order valence-electron chi connectivity index (χ2n) is 6.34. The third-order valence-corrected chi connectivity index (χ3v) is 4.77. The van der Waals surface area contributed by atoms with E-state index in [0.717, 1.165) is 11.3 Å². The molecule has 0 aliphatic carbocycles. The summed E-state index contributed by atoms with van der Waals surface area (Å²) in [6.07, 6.45) is 1.88. The molecule has 0 radical (unpaired) electrons. The molecule has 1 unspecified atom stereocenters. The van der Waals surface area contributed by atoms with Crippen LogP contribution in [-0.2, 0) is 18.3 Å². The van der Waals surface area contributed by atoms with Crippen LogP contribution in [0.4, 0.5) is 0 Å². The van der Waals surface area contributed by atoms with Gasteiger partial charge in [-0.2, -0.15) is 5.10 Å². The maximum absolute atomic E-state index is 13.2. The molecular weight excluding hydrogens is 322 g/mol. The molecule has 0 spiro atoms. The Hall–Kier alpha value is -2.54. The van der Waals surface area contributed by atoms with Crippen molar-refractivity contribution in [3.05, 3.63) is 41.2 Å². The van der Waals surface area contributed by atoms with E-state index in [1.54, 1.807) is 13.2 Å². The minimum absolute atomic E-state index is 0.0599. The van der Waals surface area contributed by atoms with Crippen LogP contribution < -0.4 is 9.47 Å². The molecule has 4 rings (SSSR count). The van der Waals surface area contributed by atoms with E-state index in [1.807, 2.05) is 35.0 Å². The van der Waals surface area contributed by atoms with Crippen molar-refractivity contribution in [3.8, 4) is 11.5 Å². The van der Waals surface area contributed by atoms with Crippen molar-refractivity contribution in [2.75, 3.05) is 33.5 Å². The smallest absolute Gasteiger partial charge is 0.258 e. The Kier molecular flexibility index (Phi) is 4.09. The van der Waals surface area contributed by atoms with Gasteiger partial charge in [-0.1, -0.05) is 6.07 Å². The van der Waals surface area contributed by atoms with Crippen LogP contribution in [-0.4, -0.2) is 54.1 Å². The van der Waals surface area contributed by atoms with E-state index in [9.17, 15) is 4.79 Å². The van der Waals surface area contributed by atoms with E-state index in [1.165, 1.54) is 0 Å². The average molecular weight is 343 g/mol. The molecule has 2 aliphatic heterocycles. The highest BCUT2D eigenvalue weighted by atomic mass is 16.6. The van der Waals surface area contributed by atoms with Crippen molar-refractivity contribution in [1.82, 2.24) is 14.7 Å². The first-order valence-corrected chi connectivity index (χ1v) is 8.36. The fourth-order valence-corrected chi connectivity index (χ4v) is 3.54. The zero-order valence-corrected chi connectivity index (χ0v) is 14.4. The number of rotatable bonds is 3. The molecule has 1 atom stereocenters. The second kappa shape index (κ2) is 6.40. The molecule has 0 saturated heterocycles. The Balaban J connectivity index is 1.66. The molecule has 7 nitrogen and oxygen atoms in total. The quantitative estimate of drug-likeness (QED) is 0.846. The monoisotopic (exact) mass is 343 g/mol. The number of methoxy groups -OCH3 is 1. The number of para-hydroxylation sites is 1. The summed E-state index contributed by atoms with van der Waals surface area (Å²) in [5.41, 5.74) is 2.74. The van der Waals surface area contributed by atoms with Gasteiger partial charge < -0.3 is 19.1 Å². The van der Waals surface area contributed by atoms with Gasteiger partial charge in [0, 0.05) is 32.2 Å². The number of hydrogen-bond acceptors (Lipinski definition) is 5. The second-order valence-corrected chi connectivity index (χ2v) is 6.34. The van der Waals surface area contributed by atoms with E-state index >= 15 is 0 Å². The molecule has 25 heavy (non-hydrogen) atoms. The number of ether oxygens (including phenoxy) is 3. The zero-order chi connectivity index (χ0) is 17.4. The van der Waals surface area contributed by atoms with Crippen LogP contribution in [0.1, 0.15) is 27.5 Å². The van der Waals surface area contributed by atoms with Crippen molar-refractivity contribution in [1.29, 1.82) is 0 Å². The molecule has 0 saturated carbocycles. The first-order chi connectivity index (χ1) is 12.2. The Morgan fingerprint density at radius 1 is 1.36 bits per heavy atom. The Labute approximate surface area is 146 Å². The van der Waals surface area contributed by atoms with Gasteiger partial charge in [-0.15, -0.1) is 0 Å². The van der Waals surface area contributed by atoms with Crippen LogP contribution in [0.2, 0.25) is 0 Å². The molecule has 0 bridgehead atoms. The standard InChI is InChI=1S/C18H21N3O4/c1-20-15-10-21(9-12(11-23-2)14(15)8-19-20)18(22)13-4-3-5-16-17(13)25-7-6-24-16/h3-5,8,12H,6-7,9-11H2,1-2H3. The van der Waals surface area contributed by atoms with Crippen molar-refractivity contribution >= 4 is 5.91 Å². The molecule has 0 N–H and O–H groups in total. The van der Waals surface area contributed by atoms with Crippen LogP contribution in [0, 0.1) is 0 Å². The molecule has 7 heteroatoms. The van der Waals surface area contributed by atoms with E-state index in [2.05, 4.69) is 5.10 Å². The number of hydrogen-bond donors (Lipinski definition) is 0. The Morgan fingerprint density at radius 2 is 2.20 bits per heavy atom. The summed E-state index contributed by atoms with van der Waals surface area (Å²) in [7, 11) is 3.58. The minimum atomic E-state index is -0.0599. The van der Waals surface area contributed by atoms with E-state index in [-0.39, 0.29) is 11.8 Å². The van der Waals surface area contributed by atoms with Crippen molar-refractivity contribution in [2.45, 2.75) is 12.5 Å². The van der Waals surface area contributed by atoms with E-state index in [0.29, 0.717) is 50.0 Å². The molecule has 2 aliphatic rings. The van der Waals surface area contributed by atoms with Gasteiger partial charge in [0.1, 0.15) is 13.2 Å². The van der Waals surface area contributed by atoms with Gasteiger partial charge in [-0.25, -0.2) is 0 Å². The Morgan fingerprint density at radius 3 is 3.04 bits per heavy atom. The molecular formula is C18H21N3O4. The molecule has 2 aromatic rings. The molecule has 3 heterocycles. The predicted molar refractivity (Wildman–Crippen MR) is 90.0 cm³/mol. The van der Waals surface area contributed by atoms with Crippen LogP contribution in [0.5, 0.6) is 11.5 Å². The van der Waals surface area contributed by atoms with E-state index in [4.69, 9.17) is 14.2 Å². The van der Waals surface area contributed by atoms with Gasteiger partial charge in [0.25, 0.3) is 5.91 Å². The van der Waals surface area contributed by atoms with Crippen LogP contribution in [0.15, 0.2) is 24.4 Å². The largest absolute Gasteiger partial charge is 0.486 e. The number of aromatic nitrogens is 2. The predicted octanol–water partition coefficient (Wildman–Crippen LogP) is 1.58. The molecule has 1 aromatic carbocycles. The minimum Gasteiger partial charge on any atom is -0.486 e. The summed E-state index contributed by atoms with van der Waals surface area (Å²) in [6, 6.07) is 5.45. The number of nitrogens with zero attached hydrogens (tertiary/aromatic N) is 3. The molecule has 0 fully saturated rings. The average Bonchev–Trinajstić information content (AvgIpc) is 3.02. The van der Waals surface area contributed by atoms with Crippen molar-refractivity contribution in [3.63, 3.8) is 0 Å². The summed E-state index contributed by atoms with van der Waals surface area (Å²) in [4.78, 5) is 15.0. The molecule has 1 amide bonds. The summed E-state index contributed by atoms with van der Waals surface area (Å²) >= 11 is 0. The maximum atomic E-state index is 13.2. The summed E-state index contributed by atoms with van der Waals surface area (Å²) < 4.78 is 18.5. The van der Waals surface area contributed by atoms with Gasteiger partial charge in [-0.05, 0) is 12.1 Å². The zero-order valence-electron chi connectivity index (χ0n) is 14.4. The third-order valence-electron chi connectivity index (χ3n) is 4.77. The number of carbonyl (C=O) groups excluding carboxylic acids is 1. The first kappa shape index (κ1) is 16.0. The van der Waals surface area contributed by atoms with Gasteiger partial charge in [-0.3, -0.25) is 9.48 Å². The summed E-state index contributed by atoms with van der Waals surface area (Å²) in [5.74, 6) is 1.22. The lowest BCUT2D eigenvalue weighted by atomic mass is 9.95. The summed E-state index contributed by atoms with van der Waals surface area (Å²) in [6.45, 7) is 2.62. The number of carbonyl (C=O) groups is 1. The Bertz CT molecular complexity index is 802. The first-order valence-electron chi connectivity index (χ1n) is 8.36. The van der Waals surface area contributed by atoms with Crippen LogP contribution >= 0.6 is 0 Å². The summed E-state index contributed by atoms with van der Waals surface area (Å²) in [5, 5.41) is 4.35. The fourth-order valence-electron chi connectivity index (χ4n) is 3.54. The number of benzene rings is 1. The number of aryl methyl sites for hydroxylation is 1. The molecule has 132 valence electrons. The third kappa shape index (κ3) is 2.74. The SMILES string of the molecule is COCC1CN(C(=O)c2cccc3c2OCCO3)Cc2c1cnn2C. The van der Waals surface area contributed by atoms with Crippen LogP contribution in [0.3, 0.4) is 0 Å². The highest BCUT2D eigenvalue weighted by Gasteiger charge is 2.33. The normalized spacial score (nSPS) is 18.8. The number of fused-ring (bicyclic) bond motifs is 2. The lowest BCUT2D eigenvalue weighted by Gasteiger charge is -2.33.